The van der Waals surface area contributed by atoms with Crippen LogP contribution in [0.2, 0.25) is 0 Å². The Kier molecular flexibility index (Phi) is 8.45. The average Bonchev–Trinajstić information content (AvgIpc) is 3.51. The Morgan fingerprint density at radius 1 is 1.21 bits per heavy atom. The number of likely N-dealkylation sites (N-methyl/N-ethyl adjacent to an activating group) is 1. The van der Waals surface area contributed by atoms with Crippen LogP contribution in [-0.4, -0.2) is 66.0 Å². The van der Waals surface area contributed by atoms with Gasteiger partial charge in [0.2, 0.25) is 5.88 Å². The molecular formula is C27H34BrIN8O2. The standard InChI is InChI=1S/C27H34BrIN8O2/c1-7-20-18-14-19(30-17(3)25(18)32-37(20)22-10-8-9-12-38-22)23-16(2)31-36(6)27(23)39-13-11-34(4)15-21-24(29)26(28)33-35(21)5/h7,14,22H,1,8-13,15H2,2-6H3. The van der Waals surface area contributed by atoms with Crippen molar-refractivity contribution >= 4 is 55.5 Å². The van der Waals surface area contributed by atoms with Gasteiger partial charge < -0.3 is 9.47 Å². The molecule has 1 saturated heterocycles. The van der Waals surface area contributed by atoms with E-state index in [0.717, 1.165) is 92.1 Å². The average molecular weight is 709 g/mol. The van der Waals surface area contributed by atoms with Crippen LogP contribution in [0, 0.1) is 17.4 Å². The van der Waals surface area contributed by atoms with Crippen LogP contribution < -0.4 is 4.74 Å². The summed E-state index contributed by atoms with van der Waals surface area (Å²) >= 11 is 5.84. The summed E-state index contributed by atoms with van der Waals surface area (Å²) in [4.78, 5) is 7.17. The Labute approximate surface area is 250 Å². The van der Waals surface area contributed by atoms with Crippen molar-refractivity contribution in [3.05, 3.63) is 43.6 Å². The van der Waals surface area contributed by atoms with Gasteiger partial charge in [-0.2, -0.15) is 15.3 Å². The molecule has 39 heavy (non-hydrogen) atoms. The first kappa shape index (κ1) is 28.2. The highest BCUT2D eigenvalue weighted by molar-refractivity contribution is 14.1. The quantitative estimate of drug-likeness (QED) is 0.215. The minimum atomic E-state index is -0.0752. The summed E-state index contributed by atoms with van der Waals surface area (Å²) in [7, 11) is 5.95. The fraction of sp³-hybridized carbons (Fsp3) is 0.481. The normalized spacial score (nSPS) is 15.9. The number of hydrogen-bond acceptors (Lipinski definition) is 7. The molecule has 0 amide bonds. The predicted octanol–water partition coefficient (Wildman–Crippen LogP) is 5.40. The lowest BCUT2D eigenvalue weighted by Gasteiger charge is -2.23. The maximum atomic E-state index is 6.35. The number of pyridine rings is 1. The zero-order chi connectivity index (χ0) is 27.8. The molecule has 0 spiro atoms. The van der Waals surface area contributed by atoms with Crippen molar-refractivity contribution in [3.8, 4) is 17.1 Å². The first-order chi connectivity index (χ1) is 18.7. The fourth-order valence-electron chi connectivity index (χ4n) is 5.14. The van der Waals surface area contributed by atoms with Gasteiger partial charge in [0.15, 0.2) is 6.23 Å². The zero-order valence-electron chi connectivity index (χ0n) is 23.0. The molecule has 0 aromatic carbocycles. The number of ether oxygens (including phenoxy) is 2. The van der Waals surface area contributed by atoms with Crippen LogP contribution in [0.15, 0.2) is 17.2 Å². The SMILES string of the molecule is C=Cc1c2cc(-c3c(C)nn(C)c3OCCN(C)Cc3c(I)c(Br)nn3C)nc(C)c2nn1C1CCCCO1. The van der Waals surface area contributed by atoms with E-state index in [1.807, 2.05) is 43.4 Å². The summed E-state index contributed by atoms with van der Waals surface area (Å²) in [6.45, 7) is 10.8. The molecule has 5 heterocycles. The molecule has 0 saturated carbocycles. The third-order valence-corrected chi connectivity index (χ3v) is 9.57. The molecule has 5 rings (SSSR count). The number of aromatic nitrogens is 7. The molecule has 0 aliphatic carbocycles. The van der Waals surface area contributed by atoms with Crippen LogP contribution in [0.25, 0.3) is 28.2 Å². The number of halogens is 2. The molecule has 1 aliphatic heterocycles. The Balaban J connectivity index is 1.40. The van der Waals surface area contributed by atoms with Crippen molar-refractivity contribution < 1.29 is 9.47 Å². The van der Waals surface area contributed by atoms with Gasteiger partial charge in [0.05, 0.1) is 37.6 Å². The van der Waals surface area contributed by atoms with E-state index < -0.39 is 0 Å². The molecule has 208 valence electrons. The second-order valence-electron chi connectivity index (χ2n) is 9.99. The van der Waals surface area contributed by atoms with Crippen LogP contribution in [0.4, 0.5) is 0 Å². The molecule has 12 heteroatoms. The number of nitrogens with zero attached hydrogens (tertiary/aromatic N) is 8. The molecule has 0 N–H and O–H groups in total. The third-order valence-electron chi connectivity index (χ3n) is 7.14. The molecule has 1 unspecified atom stereocenters. The Morgan fingerprint density at radius 3 is 2.67 bits per heavy atom. The highest BCUT2D eigenvalue weighted by Gasteiger charge is 2.25. The molecule has 10 nitrogen and oxygen atoms in total. The van der Waals surface area contributed by atoms with Crippen LogP contribution in [-0.2, 0) is 25.4 Å². The van der Waals surface area contributed by atoms with Gasteiger partial charge in [-0.15, -0.1) is 0 Å². The smallest absolute Gasteiger partial charge is 0.221 e. The molecule has 1 fully saturated rings. The van der Waals surface area contributed by atoms with Crippen LogP contribution in [0.3, 0.4) is 0 Å². The second-order valence-corrected chi connectivity index (χ2v) is 11.8. The van der Waals surface area contributed by atoms with Crippen molar-refractivity contribution in [3.63, 3.8) is 0 Å². The summed E-state index contributed by atoms with van der Waals surface area (Å²) in [6, 6.07) is 2.08. The van der Waals surface area contributed by atoms with Crippen molar-refractivity contribution in [2.45, 2.75) is 45.9 Å². The van der Waals surface area contributed by atoms with E-state index in [2.05, 4.69) is 73.3 Å². The topological polar surface area (TPSA) is 88.0 Å². The zero-order valence-corrected chi connectivity index (χ0v) is 26.8. The van der Waals surface area contributed by atoms with E-state index >= 15 is 0 Å². The fourth-order valence-corrected chi connectivity index (χ4v) is 6.23. The lowest BCUT2D eigenvalue weighted by Crippen LogP contribution is -2.25. The largest absolute Gasteiger partial charge is 0.476 e. The van der Waals surface area contributed by atoms with Gasteiger partial charge in [0, 0.05) is 39.2 Å². The van der Waals surface area contributed by atoms with Gasteiger partial charge in [0.25, 0.3) is 0 Å². The van der Waals surface area contributed by atoms with E-state index in [9.17, 15) is 0 Å². The summed E-state index contributed by atoms with van der Waals surface area (Å²) in [6.07, 6.45) is 4.95. The van der Waals surface area contributed by atoms with E-state index in [-0.39, 0.29) is 6.23 Å². The Hall–Kier alpha value is -2.29. The maximum Gasteiger partial charge on any atom is 0.221 e. The van der Waals surface area contributed by atoms with Crippen LogP contribution >= 0.6 is 38.5 Å². The van der Waals surface area contributed by atoms with Crippen molar-refractivity contribution in [1.29, 1.82) is 0 Å². The van der Waals surface area contributed by atoms with Gasteiger partial charge >= 0.3 is 0 Å². The molecule has 1 atom stereocenters. The number of hydrogen-bond donors (Lipinski definition) is 0. The van der Waals surface area contributed by atoms with E-state index in [0.29, 0.717) is 12.5 Å². The van der Waals surface area contributed by atoms with Gasteiger partial charge in [-0.05, 0) is 90.8 Å². The first-order valence-corrected chi connectivity index (χ1v) is 14.9. The monoisotopic (exact) mass is 708 g/mol. The third kappa shape index (κ3) is 5.52. The number of rotatable bonds is 9. The minimum absolute atomic E-state index is 0.0752. The number of fused-ring (bicyclic) bond motifs is 1. The van der Waals surface area contributed by atoms with Crippen molar-refractivity contribution in [1.82, 2.24) is 39.2 Å². The van der Waals surface area contributed by atoms with Gasteiger partial charge in [0.1, 0.15) is 16.7 Å². The molecule has 4 aromatic rings. The lowest BCUT2D eigenvalue weighted by atomic mass is 10.1. The summed E-state index contributed by atoms with van der Waals surface area (Å²) in [5.41, 5.74) is 6.40. The molecular weight excluding hydrogens is 675 g/mol. The highest BCUT2D eigenvalue weighted by atomic mass is 127. The van der Waals surface area contributed by atoms with Gasteiger partial charge in [-0.1, -0.05) is 6.58 Å². The summed E-state index contributed by atoms with van der Waals surface area (Å²) in [5.74, 6) is 0.702. The van der Waals surface area contributed by atoms with E-state index in [4.69, 9.17) is 19.6 Å². The lowest BCUT2D eigenvalue weighted by molar-refractivity contribution is -0.0394. The molecule has 1 aliphatic rings. The Morgan fingerprint density at radius 2 is 2.00 bits per heavy atom. The molecule has 4 aromatic heterocycles. The maximum absolute atomic E-state index is 6.35. The molecule has 0 bridgehead atoms. The number of aryl methyl sites for hydroxylation is 4. The minimum Gasteiger partial charge on any atom is -0.476 e. The summed E-state index contributed by atoms with van der Waals surface area (Å²) < 4.78 is 20.1. The summed E-state index contributed by atoms with van der Waals surface area (Å²) in [5, 5.41) is 15.0. The van der Waals surface area contributed by atoms with Crippen molar-refractivity contribution in [2.24, 2.45) is 14.1 Å². The van der Waals surface area contributed by atoms with E-state index in [1.165, 1.54) is 0 Å². The second kappa shape index (κ2) is 11.7. The predicted molar refractivity (Wildman–Crippen MR) is 164 cm³/mol. The van der Waals surface area contributed by atoms with Crippen LogP contribution in [0.1, 0.15) is 48.3 Å². The Bertz CT molecular complexity index is 1520. The van der Waals surface area contributed by atoms with Crippen molar-refractivity contribution in [2.75, 3.05) is 26.8 Å². The van der Waals surface area contributed by atoms with Crippen LogP contribution in [0.5, 0.6) is 5.88 Å². The molecule has 0 radical (unpaired) electrons. The van der Waals surface area contributed by atoms with E-state index in [1.54, 1.807) is 4.68 Å². The first-order valence-electron chi connectivity index (χ1n) is 13.1. The highest BCUT2D eigenvalue weighted by Crippen LogP contribution is 2.36. The van der Waals surface area contributed by atoms with Gasteiger partial charge in [-0.25, -0.2) is 9.36 Å². The van der Waals surface area contributed by atoms with Gasteiger partial charge in [-0.3, -0.25) is 14.6 Å².